The molecule has 0 fully saturated rings. The van der Waals surface area contributed by atoms with Crippen molar-refractivity contribution in [1.82, 2.24) is 34.3 Å². The van der Waals surface area contributed by atoms with Crippen LogP contribution in [-0.2, 0) is 19.5 Å². The predicted octanol–water partition coefficient (Wildman–Crippen LogP) is 5.00. The van der Waals surface area contributed by atoms with Gasteiger partial charge in [0.2, 0.25) is 0 Å². The molecule has 10 heteroatoms. The average Bonchev–Trinajstić information content (AvgIpc) is 3.48. The summed E-state index contributed by atoms with van der Waals surface area (Å²) in [5, 5.41) is 19.8. The van der Waals surface area contributed by atoms with Gasteiger partial charge in [0.25, 0.3) is 0 Å². The molecule has 0 saturated heterocycles. The van der Waals surface area contributed by atoms with Crippen LogP contribution in [0.3, 0.4) is 0 Å². The van der Waals surface area contributed by atoms with Gasteiger partial charge < -0.3 is 4.74 Å². The lowest BCUT2D eigenvalue weighted by Crippen LogP contribution is -2.42. The fourth-order valence-corrected chi connectivity index (χ4v) is 5.21. The van der Waals surface area contributed by atoms with Gasteiger partial charge in [0.05, 0.1) is 47.4 Å². The van der Waals surface area contributed by atoms with E-state index in [1.54, 1.807) is 23.1 Å². The van der Waals surface area contributed by atoms with E-state index >= 15 is 0 Å². The van der Waals surface area contributed by atoms with Crippen LogP contribution in [0.1, 0.15) is 35.7 Å². The molecule has 0 saturated carbocycles. The summed E-state index contributed by atoms with van der Waals surface area (Å²) in [6.07, 6.45) is 9.79. The molecule has 0 aromatic carbocycles. The van der Waals surface area contributed by atoms with Gasteiger partial charge in [-0.15, -0.1) is 0 Å². The van der Waals surface area contributed by atoms with E-state index in [1.807, 2.05) is 72.1 Å². The van der Waals surface area contributed by atoms with E-state index in [2.05, 4.69) is 21.3 Å². The van der Waals surface area contributed by atoms with E-state index < -0.39 is 0 Å². The van der Waals surface area contributed by atoms with Crippen LogP contribution < -0.4 is 4.74 Å². The van der Waals surface area contributed by atoms with Gasteiger partial charge in [-0.25, -0.2) is 4.52 Å². The van der Waals surface area contributed by atoms with Gasteiger partial charge in [-0.05, 0) is 44.2 Å². The van der Waals surface area contributed by atoms with Crippen molar-refractivity contribution in [2.75, 3.05) is 0 Å². The molecule has 0 amide bonds. The monoisotopic (exact) mass is 524 g/mol. The van der Waals surface area contributed by atoms with Crippen molar-refractivity contribution in [3.63, 3.8) is 0 Å². The molecule has 190 valence electrons. The highest BCUT2D eigenvalue weighted by atomic mass is 35.5. The van der Waals surface area contributed by atoms with E-state index in [9.17, 15) is 5.26 Å². The number of fused-ring (bicyclic) bond motifs is 2. The van der Waals surface area contributed by atoms with E-state index in [0.717, 1.165) is 33.9 Å². The minimum atomic E-state index is -0.297. The Morgan fingerprint density at radius 1 is 1.18 bits per heavy atom. The van der Waals surface area contributed by atoms with Crippen LogP contribution in [0.2, 0.25) is 5.02 Å². The molecular formula is C28H25ClN8O. The summed E-state index contributed by atoms with van der Waals surface area (Å²) in [5.74, 6) is 0.597. The highest BCUT2D eigenvalue weighted by Crippen LogP contribution is 2.36. The summed E-state index contributed by atoms with van der Waals surface area (Å²) in [6, 6.07) is 13.5. The minimum absolute atomic E-state index is 0.0277. The maximum absolute atomic E-state index is 9.89. The lowest BCUT2D eigenvalue weighted by molar-refractivity contribution is 0.202. The van der Waals surface area contributed by atoms with Crippen molar-refractivity contribution in [2.24, 2.45) is 0 Å². The first-order valence-electron chi connectivity index (χ1n) is 12.4. The number of hydrogen-bond acceptors (Lipinski definition) is 7. The number of rotatable bonds is 6. The Bertz CT molecular complexity index is 1640. The molecule has 6 heterocycles. The third-order valence-corrected chi connectivity index (χ3v) is 7.25. The van der Waals surface area contributed by atoms with Crippen molar-refractivity contribution in [1.29, 1.82) is 5.26 Å². The number of aromatic nitrogens is 6. The second-order valence-corrected chi connectivity index (χ2v) is 9.81. The molecule has 1 aliphatic heterocycles. The van der Waals surface area contributed by atoms with Gasteiger partial charge in [0, 0.05) is 41.8 Å². The molecule has 1 aliphatic rings. The summed E-state index contributed by atoms with van der Waals surface area (Å²) >= 11 is 6.49. The molecule has 0 aliphatic carbocycles. The molecule has 2 unspecified atom stereocenters. The van der Waals surface area contributed by atoms with Gasteiger partial charge in [-0.2, -0.15) is 15.5 Å². The lowest BCUT2D eigenvalue weighted by atomic mass is 10.0. The second kappa shape index (κ2) is 9.80. The predicted molar refractivity (Wildman–Crippen MR) is 142 cm³/mol. The van der Waals surface area contributed by atoms with E-state index in [1.165, 1.54) is 0 Å². The van der Waals surface area contributed by atoms with Crippen LogP contribution in [0, 0.1) is 18.4 Å². The number of nitrogens with zero attached hydrogens (tertiary/aromatic N) is 8. The Balaban J connectivity index is 1.37. The zero-order valence-electron chi connectivity index (χ0n) is 21.0. The largest absolute Gasteiger partial charge is 0.482 e. The summed E-state index contributed by atoms with van der Waals surface area (Å²) in [7, 11) is 0. The fraction of sp³-hybridized carbons (Fsp3) is 0.250. The molecule has 2 atom stereocenters. The Hall–Kier alpha value is -4.42. The Labute approximate surface area is 224 Å². The quantitative estimate of drug-likeness (QED) is 0.288. The Morgan fingerprint density at radius 2 is 2.00 bits per heavy atom. The molecule has 0 spiro atoms. The first kappa shape index (κ1) is 23.9. The van der Waals surface area contributed by atoms with E-state index in [-0.39, 0.29) is 12.1 Å². The molecule has 0 radical (unpaired) electrons. The number of halogens is 1. The topological polar surface area (TPSA) is 97.2 Å². The van der Waals surface area contributed by atoms with Gasteiger partial charge >= 0.3 is 0 Å². The highest BCUT2D eigenvalue weighted by Gasteiger charge is 2.30. The molecule has 0 bridgehead atoms. The van der Waals surface area contributed by atoms with Crippen LogP contribution >= 0.6 is 11.6 Å². The number of pyridine rings is 3. The molecule has 0 N–H and O–H groups in total. The number of nitriles is 1. The summed E-state index contributed by atoms with van der Waals surface area (Å²) in [4.78, 5) is 10.7. The zero-order valence-corrected chi connectivity index (χ0v) is 21.7. The van der Waals surface area contributed by atoms with Crippen molar-refractivity contribution >= 4 is 17.1 Å². The fourth-order valence-electron chi connectivity index (χ4n) is 4.99. The maximum atomic E-state index is 9.89. The first-order valence-corrected chi connectivity index (χ1v) is 12.8. The normalized spacial score (nSPS) is 15.7. The van der Waals surface area contributed by atoms with Crippen molar-refractivity contribution in [3.8, 4) is 23.2 Å². The van der Waals surface area contributed by atoms with Crippen LogP contribution in [0.5, 0.6) is 5.75 Å². The van der Waals surface area contributed by atoms with Crippen LogP contribution in [0.15, 0.2) is 67.3 Å². The number of hydrogen-bond donors (Lipinski definition) is 0. The summed E-state index contributed by atoms with van der Waals surface area (Å²) in [5.41, 5.74) is 6.16. The van der Waals surface area contributed by atoms with Gasteiger partial charge in [-0.1, -0.05) is 23.7 Å². The smallest absolute Gasteiger partial charge is 0.180 e. The van der Waals surface area contributed by atoms with Crippen LogP contribution in [-0.4, -0.2) is 40.3 Å². The van der Waals surface area contributed by atoms with Gasteiger partial charge in [0.15, 0.2) is 6.19 Å². The standard InChI is InChI=1S/C28H25ClN8O/c1-18-25-16-35(17-30)22(12-21-7-3-5-9-31-21)15-36(25)34-27(18)20-11-26(28-23(29)13-33-37(28)14-20)38-19(2)24-8-4-6-10-32-24/h3-11,13-14,19,22H,12,15-16H2,1-2H3. The van der Waals surface area contributed by atoms with Gasteiger partial charge in [0.1, 0.15) is 17.4 Å². The van der Waals surface area contributed by atoms with E-state index in [0.29, 0.717) is 35.8 Å². The van der Waals surface area contributed by atoms with E-state index in [4.69, 9.17) is 21.4 Å². The maximum Gasteiger partial charge on any atom is 0.180 e. The molecule has 38 heavy (non-hydrogen) atoms. The summed E-state index contributed by atoms with van der Waals surface area (Å²) in [6.45, 7) is 5.08. The molecule has 6 rings (SSSR count). The van der Waals surface area contributed by atoms with Crippen molar-refractivity contribution in [2.45, 2.75) is 45.5 Å². The van der Waals surface area contributed by atoms with Crippen molar-refractivity contribution < 1.29 is 4.74 Å². The first-order chi connectivity index (χ1) is 18.5. The minimum Gasteiger partial charge on any atom is -0.482 e. The molecule has 9 nitrogen and oxygen atoms in total. The van der Waals surface area contributed by atoms with Crippen LogP contribution in [0.25, 0.3) is 16.8 Å². The Kier molecular flexibility index (Phi) is 6.18. The molecular weight excluding hydrogens is 500 g/mol. The highest BCUT2D eigenvalue weighted by molar-refractivity contribution is 6.34. The van der Waals surface area contributed by atoms with Crippen molar-refractivity contribution in [3.05, 3.63) is 94.9 Å². The third kappa shape index (κ3) is 4.33. The summed E-state index contributed by atoms with van der Waals surface area (Å²) < 4.78 is 10.1. The lowest BCUT2D eigenvalue weighted by Gasteiger charge is -2.32. The van der Waals surface area contributed by atoms with Gasteiger partial charge in [-0.3, -0.25) is 19.5 Å². The number of ether oxygens (including phenoxy) is 1. The SMILES string of the molecule is Cc1c(-c2cc(OC(C)c3ccccn3)c3c(Cl)cnn3c2)nn2c1CN(C#N)C(Cc1ccccn1)C2. The average molecular weight is 525 g/mol. The Morgan fingerprint density at radius 3 is 2.74 bits per heavy atom. The molecule has 5 aromatic heterocycles. The molecule has 5 aromatic rings. The zero-order chi connectivity index (χ0) is 26.2. The second-order valence-electron chi connectivity index (χ2n) is 9.40. The third-order valence-electron chi connectivity index (χ3n) is 6.98. The van der Waals surface area contributed by atoms with Crippen LogP contribution in [0.4, 0.5) is 0 Å².